The lowest BCUT2D eigenvalue weighted by Crippen LogP contribution is -2.50. The molecule has 190 valence electrons. The molecule has 2 aromatic carbocycles. The van der Waals surface area contributed by atoms with E-state index < -0.39 is 53.1 Å². The lowest BCUT2D eigenvalue weighted by Gasteiger charge is -2.38. The average Bonchev–Trinajstić information content (AvgIpc) is 2.81. The first-order valence-corrected chi connectivity index (χ1v) is 10.0. The number of aromatic nitrogens is 1. The number of halogens is 7. The second-order valence-electron chi connectivity index (χ2n) is 7.49. The van der Waals surface area contributed by atoms with Gasteiger partial charge in [-0.3, -0.25) is 9.99 Å². The molecule has 1 aromatic heterocycles. The van der Waals surface area contributed by atoms with E-state index in [1.807, 2.05) is 0 Å². The Balaban J connectivity index is 2.04. The Morgan fingerprint density at radius 3 is 2.28 bits per heavy atom. The van der Waals surface area contributed by atoms with Gasteiger partial charge in [-0.05, 0) is 35.9 Å². The second kappa shape index (κ2) is 9.97. The number of benzene rings is 2. The van der Waals surface area contributed by atoms with Crippen molar-refractivity contribution in [3.8, 4) is 16.9 Å². The van der Waals surface area contributed by atoms with Crippen LogP contribution in [0.5, 0.6) is 5.75 Å². The Bertz CT molecular complexity index is 1240. The fraction of sp³-hybridized carbons (Fsp3) is 0.167. The molecule has 1 atom stereocenters. The van der Waals surface area contributed by atoms with Crippen LogP contribution in [0.1, 0.15) is 11.3 Å². The standard InChI is InChI=1S/C24H18F7N3O2/c1-3-34(32-2)14-22(35,19-9-8-17(25)12-20(19)26)23(27,28)21-10-7-16(13-33-21)15-5-4-6-18(11-15)36-24(29,30)31/h3-13,35H,1-2,14H2. The molecule has 0 bridgehead atoms. The summed E-state index contributed by atoms with van der Waals surface area (Å²) in [5.74, 6) is -7.30. The van der Waals surface area contributed by atoms with Gasteiger partial charge in [0.1, 0.15) is 23.1 Å². The van der Waals surface area contributed by atoms with E-state index in [1.54, 1.807) is 0 Å². The van der Waals surface area contributed by atoms with E-state index in [4.69, 9.17) is 0 Å². The number of ether oxygens (including phenoxy) is 1. The monoisotopic (exact) mass is 513 g/mol. The van der Waals surface area contributed by atoms with Gasteiger partial charge in [0, 0.05) is 36.3 Å². The van der Waals surface area contributed by atoms with Crippen LogP contribution in [0.15, 0.2) is 78.7 Å². The maximum Gasteiger partial charge on any atom is 0.573 e. The van der Waals surface area contributed by atoms with Gasteiger partial charge in [-0.25, -0.2) is 8.78 Å². The maximum atomic E-state index is 15.7. The van der Waals surface area contributed by atoms with E-state index in [9.17, 15) is 27.1 Å². The van der Waals surface area contributed by atoms with Crippen LogP contribution < -0.4 is 4.74 Å². The molecular formula is C24H18F7N3O2. The third kappa shape index (κ3) is 5.48. The Kier molecular flexibility index (Phi) is 7.39. The molecule has 3 rings (SSSR count). The third-order valence-corrected chi connectivity index (χ3v) is 5.17. The first-order valence-electron chi connectivity index (χ1n) is 10.0. The first-order chi connectivity index (χ1) is 16.8. The summed E-state index contributed by atoms with van der Waals surface area (Å²) < 4.78 is 101. The van der Waals surface area contributed by atoms with E-state index in [1.165, 1.54) is 12.1 Å². The average molecular weight is 513 g/mol. The van der Waals surface area contributed by atoms with Gasteiger partial charge < -0.3 is 9.84 Å². The predicted molar refractivity (Wildman–Crippen MR) is 117 cm³/mol. The van der Waals surface area contributed by atoms with Gasteiger partial charge in [0.15, 0.2) is 5.60 Å². The van der Waals surface area contributed by atoms with Crippen LogP contribution in [-0.2, 0) is 11.5 Å². The Hall–Kier alpha value is -3.93. The van der Waals surface area contributed by atoms with Crippen LogP contribution >= 0.6 is 0 Å². The number of aliphatic hydroxyl groups is 1. The SMILES string of the molecule is C=CN(CC(O)(c1ccc(F)cc1F)C(F)(F)c1ccc(-c2cccc(OC(F)(F)F)c2)cn1)N=C. The topological polar surface area (TPSA) is 58.0 Å². The summed E-state index contributed by atoms with van der Waals surface area (Å²) in [4.78, 5) is 3.67. The lowest BCUT2D eigenvalue weighted by molar-refractivity contribution is -0.274. The Morgan fingerprint density at radius 1 is 1.00 bits per heavy atom. The molecule has 3 aromatic rings. The van der Waals surface area contributed by atoms with Crippen molar-refractivity contribution in [1.82, 2.24) is 9.99 Å². The molecule has 0 saturated carbocycles. The quantitative estimate of drug-likeness (QED) is 0.218. The maximum absolute atomic E-state index is 15.7. The van der Waals surface area contributed by atoms with Crippen LogP contribution in [0.2, 0.25) is 0 Å². The smallest absolute Gasteiger partial charge is 0.406 e. The van der Waals surface area contributed by atoms with Crippen molar-refractivity contribution in [2.75, 3.05) is 6.54 Å². The number of pyridine rings is 1. The molecule has 1 N–H and O–H groups in total. The van der Waals surface area contributed by atoms with E-state index >= 15 is 8.78 Å². The van der Waals surface area contributed by atoms with Gasteiger partial charge in [-0.15, -0.1) is 13.2 Å². The Labute approximate surface area is 200 Å². The molecule has 0 aliphatic rings. The fourth-order valence-corrected chi connectivity index (χ4v) is 3.42. The van der Waals surface area contributed by atoms with Crippen molar-refractivity contribution in [2.24, 2.45) is 5.10 Å². The minimum Gasteiger partial charge on any atom is -0.406 e. The van der Waals surface area contributed by atoms with E-state index in [2.05, 4.69) is 28.1 Å². The lowest BCUT2D eigenvalue weighted by atomic mass is 9.84. The molecule has 5 nitrogen and oxygen atoms in total. The molecule has 12 heteroatoms. The number of rotatable bonds is 9. The summed E-state index contributed by atoms with van der Waals surface area (Å²) in [5, 5.41) is 15.3. The molecule has 0 fully saturated rings. The normalized spacial score (nSPS) is 13.6. The molecule has 0 spiro atoms. The molecule has 0 amide bonds. The van der Waals surface area contributed by atoms with Crippen molar-refractivity contribution in [2.45, 2.75) is 17.9 Å². The van der Waals surface area contributed by atoms with Crippen LogP contribution in [0.4, 0.5) is 30.7 Å². The van der Waals surface area contributed by atoms with Crippen LogP contribution in [0.25, 0.3) is 11.1 Å². The summed E-state index contributed by atoms with van der Waals surface area (Å²) in [6.07, 6.45) is -3.03. The number of alkyl halides is 5. The zero-order valence-electron chi connectivity index (χ0n) is 18.3. The van der Waals surface area contributed by atoms with Crippen LogP contribution in [0, 0.1) is 11.6 Å². The van der Waals surface area contributed by atoms with Gasteiger partial charge >= 0.3 is 12.3 Å². The van der Waals surface area contributed by atoms with Gasteiger partial charge in [0.2, 0.25) is 0 Å². The summed E-state index contributed by atoms with van der Waals surface area (Å²) >= 11 is 0. The van der Waals surface area contributed by atoms with Crippen LogP contribution in [-0.4, -0.2) is 34.7 Å². The zero-order chi connectivity index (χ0) is 26.7. The minimum atomic E-state index is -4.93. The van der Waals surface area contributed by atoms with Crippen molar-refractivity contribution >= 4 is 6.72 Å². The van der Waals surface area contributed by atoms with Gasteiger partial charge in [-0.1, -0.05) is 24.8 Å². The highest BCUT2D eigenvalue weighted by atomic mass is 19.4. The molecule has 0 saturated heterocycles. The molecule has 1 heterocycles. The fourth-order valence-electron chi connectivity index (χ4n) is 3.42. The summed E-state index contributed by atoms with van der Waals surface area (Å²) in [6, 6.07) is 8.41. The van der Waals surface area contributed by atoms with Crippen molar-refractivity contribution in [3.63, 3.8) is 0 Å². The largest absolute Gasteiger partial charge is 0.573 e. The number of nitrogens with zero attached hydrogens (tertiary/aromatic N) is 3. The molecule has 0 radical (unpaired) electrons. The minimum absolute atomic E-state index is 0.152. The molecular weight excluding hydrogens is 495 g/mol. The Morgan fingerprint density at radius 2 is 1.72 bits per heavy atom. The first kappa shape index (κ1) is 26.7. The number of hydrogen-bond donors (Lipinski definition) is 1. The van der Waals surface area contributed by atoms with Crippen molar-refractivity contribution in [1.29, 1.82) is 0 Å². The summed E-state index contributed by atoms with van der Waals surface area (Å²) in [6.45, 7) is 5.50. The summed E-state index contributed by atoms with van der Waals surface area (Å²) in [7, 11) is 0. The summed E-state index contributed by atoms with van der Waals surface area (Å²) in [5.41, 5.74) is -4.94. The molecule has 0 aliphatic heterocycles. The van der Waals surface area contributed by atoms with Gasteiger partial charge in [-0.2, -0.15) is 13.9 Å². The van der Waals surface area contributed by atoms with E-state index in [-0.39, 0.29) is 11.1 Å². The molecule has 36 heavy (non-hydrogen) atoms. The van der Waals surface area contributed by atoms with Crippen LogP contribution in [0.3, 0.4) is 0 Å². The highest BCUT2D eigenvalue weighted by Gasteiger charge is 2.58. The predicted octanol–water partition coefficient (Wildman–Crippen LogP) is 5.97. The second-order valence-corrected chi connectivity index (χ2v) is 7.49. The highest BCUT2D eigenvalue weighted by Crippen LogP contribution is 2.46. The molecule has 0 aliphatic carbocycles. The van der Waals surface area contributed by atoms with E-state index in [0.29, 0.717) is 18.2 Å². The van der Waals surface area contributed by atoms with E-state index in [0.717, 1.165) is 41.7 Å². The third-order valence-electron chi connectivity index (χ3n) is 5.17. The van der Waals surface area contributed by atoms with Gasteiger partial charge in [0.25, 0.3) is 0 Å². The zero-order valence-corrected chi connectivity index (χ0v) is 18.3. The van der Waals surface area contributed by atoms with Crippen molar-refractivity contribution in [3.05, 3.63) is 96.5 Å². The number of hydrogen-bond acceptors (Lipinski definition) is 5. The molecule has 1 unspecified atom stereocenters. The van der Waals surface area contributed by atoms with Gasteiger partial charge in [0.05, 0.1) is 6.54 Å². The number of hydrazone groups is 1. The highest BCUT2D eigenvalue weighted by molar-refractivity contribution is 5.64. The van der Waals surface area contributed by atoms with Crippen molar-refractivity contribution < 1.29 is 40.6 Å².